The first-order valence-electron chi connectivity index (χ1n) is 14.9. The first-order valence-corrected chi connectivity index (χ1v) is 17.3. The number of nitrogens with one attached hydrogen (secondary N) is 1. The molecule has 2 aromatic carbocycles. The van der Waals surface area contributed by atoms with Crippen LogP contribution in [-0.2, 0) is 19.6 Å². The number of sulfonamides is 1. The summed E-state index contributed by atoms with van der Waals surface area (Å²) in [7, 11) is -3.47. The SMILES string of the molecule is CC(C)C(=O)OC1CCCC1.CC(C)NS(=O)(=O)c1ccccc1N.CC(C)Oc1nc2ccccc2nc1-c1cccs1. The molecule has 44 heavy (non-hydrogen) atoms. The minimum atomic E-state index is -3.47. The number of hydrogen-bond acceptors (Lipinski definition) is 9. The van der Waals surface area contributed by atoms with Crippen LogP contribution >= 0.6 is 11.3 Å². The van der Waals surface area contributed by atoms with Crippen LogP contribution in [0.4, 0.5) is 5.69 Å². The summed E-state index contributed by atoms with van der Waals surface area (Å²) in [6.07, 6.45) is 4.88. The number of para-hydroxylation sites is 3. The van der Waals surface area contributed by atoms with Gasteiger partial charge in [-0.05, 0) is 89.1 Å². The lowest BCUT2D eigenvalue weighted by atomic mass is 10.2. The Labute approximate surface area is 265 Å². The van der Waals surface area contributed by atoms with Crippen molar-refractivity contribution in [2.24, 2.45) is 5.92 Å². The highest BCUT2D eigenvalue weighted by atomic mass is 32.2. The Kier molecular flexibility index (Phi) is 13.1. The molecule has 0 saturated heterocycles. The number of rotatable bonds is 8. The second-order valence-electron chi connectivity index (χ2n) is 11.3. The first kappa shape index (κ1) is 34.9. The van der Waals surface area contributed by atoms with Gasteiger partial charge >= 0.3 is 5.97 Å². The lowest BCUT2D eigenvalue weighted by molar-refractivity contribution is -0.152. The molecule has 0 amide bonds. The molecule has 1 aliphatic rings. The number of hydrogen-bond donors (Lipinski definition) is 2. The van der Waals surface area contributed by atoms with E-state index >= 15 is 0 Å². The summed E-state index contributed by atoms with van der Waals surface area (Å²) in [5.41, 5.74) is 8.40. The fraction of sp³-hybridized carbons (Fsp3) is 0.424. The number of carbonyl (C=O) groups is 1. The standard InChI is InChI=1S/C15H14N2OS.C9H14N2O2S.C9H16O2/c1-10(2)18-15-14(13-8-5-9-19-13)16-11-6-3-4-7-12(11)17-15;1-7(2)11-14(12,13)9-6-4-3-5-8(9)10;1-7(2)9(10)11-8-5-3-4-6-8/h3-10H,1-2H3;3-7,11H,10H2,1-2H3;7-8H,3-6H2,1-2H3. The van der Waals surface area contributed by atoms with E-state index in [0.717, 1.165) is 34.4 Å². The number of nitrogen functional groups attached to an aromatic ring is 1. The largest absolute Gasteiger partial charge is 0.473 e. The highest BCUT2D eigenvalue weighted by molar-refractivity contribution is 7.89. The highest BCUT2D eigenvalue weighted by Crippen LogP contribution is 2.32. The number of thiophene rings is 1. The van der Waals surface area contributed by atoms with E-state index in [-0.39, 0.29) is 40.7 Å². The van der Waals surface area contributed by atoms with Gasteiger partial charge in [0.1, 0.15) is 16.7 Å². The quantitative estimate of drug-likeness (QED) is 0.152. The molecule has 0 bridgehead atoms. The number of fused-ring (bicyclic) bond motifs is 1. The predicted octanol–water partition coefficient (Wildman–Crippen LogP) is 7.23. The summed E-state index contributed by atoms with van der Waals surface area (Å²) in [6, 6.07) is 18.2. The van der Waals surface area contributed by atoms with Crippen LogP contribution in [0.3, 0.4) is 0 Å². The Morgan fingerprint density at radius 1 is 0.909 bits per heavy atom. The van der Waals surface area contributed by atoms with Gasteiger partial charge in [-0.2, -0.15) is 0 Å². The number of esters is 1. The highest BCUT2D eigenvalue weighted by Gasteiger charge is 2.20. The second-order valence-corrected chi connectivity index (χ2v) is 14.0. The average Bonchev–Trinajstić information content (AvgIpc) is 3.67. The molecule has 0 unspecified atom stereocenters. The number of benzene rings is 2. The van der Waals surface area contributed by atoms with Crippen LogP contribution in [0, 0.1) is 5.92 Å². The average molecular weight is 641 g/mol. The van der Waals surface area contributed by atoms with Crippen molar-refractivity contribution in [1.82, 2.24) is 14.7 Å². The predicted molar refractivity (Wildman–Crippen MR) is 178 cm³/mol. The molecule has 4 aromatic rings. The fourth-order valence-corrected chi connectivity index (χ4v) is 6.36. The molecule has 238 valence electrons. The Morgan fingerprint density at radius 2 is 1.52 bits per heavy atom. The van der Waals surface area contributed by atoms with Crippen molar-refractivity contribution in [2.75, 3.05) is 5.73 Å². The molecule has 0 atom stereocenters. The third-order valence-electron chi connectivity index (χ3n) is 6.30. The van der Waals surface area contributed by atoms with Gasteiger partial charge in [-0.15, -0.1) is 11.3 Å². The molecule has 2 aromatic heterocycles. The van der Waals surface area contributed by atoms with Gasteiger partial charge in [0.05, 0.1) is 33.6 Å². The summed E-state index contributed by atoms with van der Waals surface area (Å²) in [5.74, 6) is 0.587. The van der Waals surface area contributed by atoms with E-state index in [1.54, 1.807) is 43.4 Å². The van der Waals surface area contributed by atoms with Gasteiger partial charge in [0.15, 0.2) is 0 Å². The van der Waals surface area contributed by atoms with Gasteiger partial charge in [0.25, 0.3) is 0 Å². The van der Waals surface area contributed by atoms with Crippen LogP contribution in [0.15, 0.2) is 70.9 Å². The molecular formula is C33H44N4O5S2. The van der Waals surface area contributed by atoms with E-state index in [2.05, 4.69) is 9.71 Å². The molecule has 1 aliphatic carbocycles. The normalized spacial score (nSPS) is 13.4. The molecule has 3 N–H and O–H groups in total. The van der Waals surface area contributed by atoms with Gasteiger partial charge in [0.2, 0.25) is 15.9 Å². The van der Waals surface area contributed by atoms with E-state index in [1.807, 2.05) is 69.5 Å². The van der Waals surface area contributed by atoms with Gasteiger partial charge in [-0.1, -0.05) is 44.2 Å². The number of aromatic nitrogens is 2. The maximum Gasteiger partial charge on any atom is 0.308 e. The Balaban J connectivity index is 0.000000189. The van der Waals surface area contributed by atoms with E-state index in [0.29, 0.717) is 5.88 Å². The summed E-state index contributed by atoms with van der Waals surface area (Å²) >= 11 is 1.64. The topological polar surface area (TPSA) is 134 Å². The van der Waals surface area contributed by atoms with Crippen LogP contribution < -0.4 is 15.2 Å². The summed E-state index contributed by atoms with van der Waals surface area (Å²) in [6.45, 7) is 11.3. The lowest BCUT2D eigenvalue weighted by Crippen LogP contribution is -2.30. The lowest BCUT2D eigenvalue weighted by Gasteiger charge is -2.12. The van der Waals surface area contributed by atoms with E-state index in [4.69, 9.17) is 20.2 Å². The van der Waals surface area contributed by atoms with Crippen LogP contribution in [-0.4, -0.2) is 42.6 Å². The maximum atomic E-state index is 11.7. The third kappa shape index (κ3) is 10.6. The number of ether oxygens (including phenoxy) is 2. The minimum Gasteiger partial charge on any atom is -0.473 e. The molecule has 1 saturated carbocycles. The molecule has 11 heteroatoms. The van der Waals surface area contributed by atoms with Crippen molar-refractivity contribution in [2.45, 2.75) is 90.4 Å². The molecule has 0 spiro atoms. The molecule has 0 aliphatic heterocycles. The molecule has 0 radical (unpaired) electrons. The van der Waals surface area contributed by atoms with Crippen LogP contribution in [0.1, 0.15) is 67.2 Å². The van der Waals surface area contributed by atoms with E-state index < -0.39 is 10.0 Å². The summed E-state index contributed by atoms with van der Waals surface area (Å²) in [4.78, 5) is 21.6. The van der Waals surface area contributed by atoms with Gasteiger partial charge in [-0.25, -0.2) is 23.1 Å². The van der Waals surface area contributed by atoms with Crippen molar-refractivity contribution in [3.8, 4) is 16.5 Å². The van der Waals surface area contributed by atoms with Crippen LogP contribution in [0.25, 0.3) is 21.6 Å². The van der Waals surface area contributed by atoms with E-state index in [9.17, 15) is 13.2 Å². The van der Waals surface area contributed by atoms with Gasteiger partial charge in [0, 0.05) is 6.04 Å². The molecule has 5 rings (SSSR count). The number of anilines is 1. The monoisotopic (exact) mass is 640 g/mol. The first-order chi connectivity index (χ1) is 20.9. The second kappa shape index (κ2) is 16.5. The number of nitrogens with two attached hydrogens (primary N) is 1. The smallest absolute Gasteiger partial charge is 0.308 e. The number of nitrogens with zero attached hydrogens (tertiary/aromatic N) is 2. The molecule has 1 fully saturated rings. The molecule has 9 nitrogen and oxygen atoms in total. The Bertz CT molecular complexity index is 1580. The van der Waals surface area contributed by atoms with Crippen LogP contribution in [0.2, 0.25) is 0 Å². The Morgan fingerprint density at radius 3 is 2.07 bits per heavy atom. The van der Waals surface area contributed by atoms with Crippen molar-refractivity contribution in [3.05, 3.63) is 66.0 Å². The molecule has 2 heterocycles. The van der Waals surface area contributed by atoms with Crippen LogP contribution in [0.5, 0.6) is 5.88 Å². The van der Waals surface area contributed by atoms with Crippen molar-refractivity contribution in [1.29, 1.82) is 0 Å². The molecular weight excluding hydrogens is 597 g/mol. The zero-order valence-electron chi connectivity index (χ0n) is 26.3. The fourth-order valence-electron chi connectivity index (χ4n) is 4.27. The van der Waals surface area contributed by atoms with Gasteiger partial charge in [-0.3, -0.25) is 4.79 Å². The Hall–Kier alpha value is -3.54. The maximum absolute atomic E-state index is 11.7. The minimum absolute atomic E-state index is 0.0237. The summed E-state index contributed by atoms with van der Waals surface area (Å²) < 4.78 is 36.9. The van der Waals surface area contributed by atoms with Crippen molar-refractivity contribution < 1.29 is 22.7 Å². The zero-order chi connectivity index (χ0) is 32.3. The number of carbonyl (C=O) groups excluding carboxylic acids is 1. The summed E-state index contributed by atoms with van der Waals surface area (Å²) in [5, 5.41) is 2.03. The third-order valence-corrected chi connectivity index (χ3v) is 8.91. The van der Waals surface area contributed by atoms with Crippen molar-refractivity contribution in [3.63, 3.8) is 0 Å². The van der Waals surface area contributed by atoms with Gasteiger partial charge < -0.3 is 15.2 Å². The van der Waals surface area contributed by atoms with Crippen molar-refractivity contribution >= 4 is 44.1 Å². The zero-order valence-corrected chi connectivity index (χ0v) is 28.0. The van der Waals surface area contributed by atoms with E-state index in [1.165, 1.54) is 18.9 Å².